The third kappa shape index (κ3) is 7.62. The fraction of sp³-hybridized carbons (Fsp3) is 0.579. The summed E-state index contributed by atoms with van der Waals surface area (Å²) in [7, 11) is 0. The molecular formula is C19H30ClN3O3. The van der Waals surface area contributed by atoms with Gasteiger partial charge in [0.1, 0.15) is 5.75 Å². The molecule has 1 aromatic rings. The van der Waals surface area contributed by atoms with Crippen molar-refractivity contribution in [1.82, 2.24) is 10.6 Å². The maximum atomic E-state index is 12.0. The summed E-state index contributed by atoms with van der Waals surface area (Å²) in [6.45, 7) is 4.35. The Hall–Kier alpha value is -1.79. The summed E-state index contributed by atoms with van der Waals surface area (Å²) in [5.41, 5.74) is 6.28. The van der Waals surface area contributed by atoms with Gasteiger partial charge in [-0.25, -0.2) is 0 Å². The molecule has 26 heavy (non-hydrogen) atoms. The molecule has 2 amide bonds. The molecule has 1 aromatic carbocycles. The van der Waals surface area contributed by atoms with E-state index in [2.05, 4.69) is 10.6 Å². The largest absolute Gasteiger partial charge is 0.484 e. The average molecular weight is 384 g/mol. The molecule has 1 aliphatic carbocycles. The molecule has 146 valence electrons. The molecule has 0 radical (unpaired) electrons. The molecule has 0 bridgehead atoms. The molecule has 6 nitrogen and oxygen atoms in total. The second kappa shape index (κ2) is 10.4. The Kier molecular flexibility index (Phi) is 8.88. The van der Waals surface area contributed by atoms with Gasteiger partial charge in [0, 0.05) is 12.6 Å². The maximum absolute atomic E-state index is 12.0. The standard InChI is InChI=1S/C19H29N3O3.ClH/c1-3-11-19(2,20)18(24)21-12-10-14-4-8-16(9-5-14)25-13-17(23)22-15-6-7-15;/h4-5,8-9,15H,3,6-7,10-13,20H2,1-2H3,(H,21,24)(H,22,23);1H. The predicted octanol–water partition coefficient (Wildman–Crippen LogP) is 1.94. The Balaban J connectivity index is 0.00000338. The highest BCUT2D eigenvalue weighted by Gasteiger charge is 2.26. The molecule has 1 saturated carbocycles. The van der Waals surface area contributed by atoms with Gasteiger partial charge < -0.3 is 21.1 Å². The predicted molar refractivity (Wildman–Crippen MR) is 105 cm³/mol. The Morgan fingerprint density at radius 3 is 2.50 bits per heavy atom. The van der Waals surface area contributed by atoms with Crippen molar-refractivity contribution < 1.29 is 14.3 Å². The summed E-state index contributed by atoms with van der Waals surface area (Å²) in [5.74, 6) is 0.471. The molecule has 7 heteroatoms. The van der Waals surface area contributed by atoms with Crippen molar-refractivity contribution in [3.63, 3.8) is 0 Å². The number of hydrogen-bond donors (Lipinski definition) is 3. The highest BCUT2D eigenvalue weighted by Crippen LogP contribution is 2.18. The van der Waals surface area contributed by atoms with Crippen LogP contribution >= 0.6 is 12.4 Å². The highest BCUT2D eigenvalue weighted by molar-refractivity contribution is 5.85. The second-order valence-electron chi connectivity index (χ2n) is 6.95. The van der Waals surface area contributed by atoms with E-state index in [0.29, 0.717) is 24.8 Å². The first-order chi connectivity index (χ1) is 11.9. The minimum absolute atomic E-state index is 0. The van der Waals surface area contributed by atoms with Crippen LogP contribution in [0.2, 0.25) is 0 Å². The molecule has 1 atom stereocenters. The van der Waals surface area contributed by atoms with Crippen LogP contribution in [-0.4, -0.2) is 36.5 Å². The maximum Gasteiger partial charge on any atom is 0.258 e. The third-order valence-electron chi connectivity index (χ3n) is 4.22. The molecule has 1 aliphatic rings. The summed E-state index contributed by atoms with van der Waals surface area (Å²) in [4.78, 5) is 23.6. The van der Waals surface area contributed by atoms with Crippen molar-refractivity contribution >= 4 is 24.2 Å². The lowest BCUT2D eigenvalue weighted by Crippen LogP contribution is -2.51. The molecule has 0 aliphatic heterocycles. The zero-order chi connectivity index (χ0) is 18.3. The van der Waals surface area contributed by atoms with E-state index >= 15 is 0 Å². The number of amides is 2. The van der Waals surface area contributed by atoms with Gasteiger partial charge in [0.15, 0.2) is 6.61 Å². The first kappa shape index (κ1) is 22.3. The number of nitrogens with one attached hydrogen (secondary N) is 2. The summed E-state index contributed by atoms with van der Waals surface area (Å²) in [6.07, 6.45) is 4.40. The zero-order valence-corrected chi connectivity index (χ0v) is 16.4. The van der Waals surface area contributed by atoms with E-state index in [-0.39, 0.29) is 30.8 Å². The molecular weight excluding hydrogens is 354 g/mol. The molecule has 0 heterocycles. The number of nitrogens with two attached hydrogens (primary N) is 1. The minimum Gasteiger partial charge on any atom is -0.484 e. The highest BCUT2D eigenvalue weighted by atomic mass is 35.5. The lowest BCUT2D eigenvalue weighted by Gasteiger charge is -2.22. The van der Waals surface area contributed by atoms with E-state index in [0.717, 1.165) is 31.2 Å². The van der Waals surface area contributed by atoms with E-state index in [1.807, 2.05) is 31.2 Å². The minimum atomic E-state index is -0.812. The van der Waals surface area contributed by atoms with E-state index in [1.54, 1.807) is 6.92 Å². The summed E-state index contributed by atoms with van der Waals surface area (Å²) < 4.78 is 5.47. The van der Waals surface area contributed by atoms with Crippen molar-refractivity contribution in [2.24, 2.45) is 5.73 Å². The fourth-order valence-corrected chi connectivity index (χ4v) is 2.55. The second-order valence-corrected chi connectivity index (χ2v) is 6.95. The number of carbonyl (C=O) groups excluding carboxylic acids is 2. The molecule has 1 fully saturated rings. The molecule has 0 spiro atoms. The quantitative estimate of drug-likeness (QED) is 0.575. The first-order valence-electron chi connectivity index (χ1n) is 8.99. The summed E-state index contributed by atoms with van der Waals surface area (Å²) in [6, 6.07) is 7.90. The van der Waals surface area contributed by atoms with Gasteiger partial charge in [-0.1, -0.05) is 25.5 Å². The van der Waals surface area contributed by atoms with Crippen LogP contribution in [0.1, 0.15) is 45.1 Å². The van der Waals surface area contributed by atoms with E-state index in [1.165, 1.54) is 0 Å². The van der Waals surface area contributed by atoms with Crippen LogP contribution in [0.5, 0.6) is 5.75 Å². The lowest BCUT2D eigenvalue weighted by atomic mass is 9.96. The number of hydrogen-bond acceptors (Lipinski definition) is 4. The summed E-state index contributed by atoms with van der Waals surface area (Å²) in [5, 5.41) is 5.77. The van der Waals surface area contributed by atoms with Crippen molar-refractivity contribution in [3.8, 4) is 5.75 Å². The van der Waals surface area contributed by atoms with Crippen LogP contribution in [0.4, 0.5) is 0 Å². The van der Waals surface area contributed by atoms with Crippen LogP contribution in [-0.2, 0) is 16.0 Å². The van der Waals surface area contributed by atoms with Crippen LogP contribution < -0.4 is 21.1 Å². The number of rotatable bonds is 10. The van der Waals surface area contributed by atoms with Crippen LogP contribution in [0.25, 0.3) is 0 Å². The third-order valence-corrected chi connectivity index (χ3v) is 4.22. The smallest absolute Gasteiger partial charge is 0.258 e. The van der Waals surface area contributed by atoms with E-state index in [4.69, 9.17) is 10.5 Å². The topological polar surface area (TPSA) is 93.5 Å². The molecule has 2 rings (SSSR count). The van der Waals surface area contributed by atoms with Gasteiger partial charge in [0.2, 0.25) is 5.91 Å². The molecule has 0 saturated heterocycles. The summed E-state index contributed by atoms with van der Waals surface area (Å²) >= 11 is 0. The van der Waals surface area contributed by atoms with Crippen molar-refractivity contribution in [2.45, 2.75) is 57.5 Å². The van der Waals surface area contributed by atoms with Gasteiger partial charge in [0.25, 0.3) is 5.91 Å². The van der Waals surface area contributed by atoms with E-state index < -0.39 is 5.54 Å². The van der Waals surface area contributed by atoms with Gasteiger partial charge in [-0.15, -0.1) is 12.4 Å². The van der Waals surface area contributed by atoms with Gasteiger partial charge in [0.05, 0.1) is 5.54 Å². The van der Waals surface area contributed by atoms with Gasteiger partial charge >= 0.3 is 0 Å². The van der Waals surface area contributed by atoms with Gasteiger partial charge in [-0.05, 0) is 50.3 Å². The Labute approximate surface area is 161 Å². The molecule has 0 aromatic heterocycles. The van der Waals surface area contributed by atoms with Crippen molar-refractivity contribution in [1.29, 1.82) is 0 Å². The van der Waals surface area contributed by atoms with Crippen molar-refractivity contribution in [3.05, 3.63) is 29.8 Å². The van der Waals surface area contributed by atoms with E-state index in [9.17, 15) is 9.59 Å². The SMILES string of the molecule is CCCC(C)(N)C(=O)NCCc1ccc(OCC(=O)NC2CC2)cc1.Cl. The number of ether oxygens (including phenoxy) is 1. The average Bonchev–Trinajstić information content (AvgIpc) is 3.38. The van der Waals surface area contributed by atoms with Gasteiger partial charge in [-0.3, -0.25) is 9.59 Å². The first-order valence-corrected chi connectivity index (χ1v) is 8.99. The van der Waals surface area contributed by atoms with Crippen LogP contribution in [0.3, 0.4) is 0 Å². The number of benzene rings is 1. The Morgan fingerprint density at radius 2 is 1.92 bits per heavy atom. The van der Waals surface area contributed by atoms with Crippen LogP contribution in [0.15, 0.2) is 24.3 Å². The molecule has 4 N–H and O–H groups in total. The Bertz CT molecular complexity index is 586. The normalized spacial score (nSPS) is 15.3. The van der Waals surface area contributed by atoms with Crippen LogP contribution in [0, 0.1) is 0 Å². The lowest BCUT2D eigenvalue weighted by molar-refractivity contribution is -0.126. The monoisotopic (exact) mass is 383 g/mol. The fourth-order valence-electron chi connectivity index (χ4n) is 2.55. The van der Waals surface area contributed by atoms with Gasteiger partial charge in [-0.2, -0.15) is 0 Å². The molecule has 1 unspecified atom stereocenters. The Morgan fingerprint density at radius 1 is 1.27 bits per heavy atom. The number of carbonyl (C=O) groups is 2. The zero-order valence-electron chi connectivity index (χ0n) is 15.5. The number of halogens is 1. The van der Waals surface area contributed by atoms with Crippen molar-refractivity contribution in [2.75, 3.05) is 13.2 Å².